The number of benzene rings is 1. The topological polar surface area (TPSA) is 58.4 Å². The highest BCUT2D eigenvalue weighted by atomic mass is 16.5. The van der Waals surface area contributed by atoms with Crippen LogP contribution >= 0.6 is 0 Å². The molecule has 6 nitrogen and oxygen atoms in total. The molecule has 0 fully saturated rings. The minimum Gasteiger partial charge on any atom is -0.379 e. The Kier molecular flexibility index (Phi) is 14.0. The largest absolute Gasteiger partial charge is 0.379 e. The van der Waals surface area contributed by atoms with Crippen molar-refractivity contribution in [1.29, 1.82) is 0 Å². The van der Waals surface area contributed by atoms with Crippen molar-refractivity contribution in [3.8, 4) is 11.3 Å². The van der Waals surface area contributed by atoms with Gasteiger partial charge in [0.25, 0.3) is 0 Å². The average molecular weight is 434 g/mol. The van der Waals surface area contributed by atoms with Gasteiger partial charge in [-0.05, 0) is 23.8 Å². The third-order valence-corrected chi connectivity index (χ3v) is 4.40. The maximum absolute atomic E-state index is 5.60. The number of hydrogen-bond donors (Lipinski definition) is 0. The van der Waals surface area contributed by atoms with E-state index in [1.807, 2.05) is 10.9 Å². The molecule has 176 valence electrons. The van der Waals surface area contributed by atoms with Crippen molar-refractivity contribution in [3.63, 3.8) is 0 Å². The van der Waals surface area contributed by atoms with E-state index >= 15 is 0 Å². The van der Waals surface area contributed by atoms with Crippen LogP contribution in [0, 0.1) is 5.41 Å². The van der Waals surface area contributed by atoms with E-state index < -0.39 is 0 Å². The molecule has 6 heteroatoms. The molecule has 0 radical (unpaired) electrons. The molecule has 2 aromatic rings. The van der Waals surface area contributed by atoms with Crippen LogP contribution in [0.3, 0.4) is 0 Å². The van der Waals surface area contributed by atoms with Gasteiger partial charge in [0.2, 0.25) is 0 Å². The fraction of sp³-hybridized carbons (Fsp3) is 0.680. The number of aromatic nitrogens is 3. The van der Waals surface area contributed by atoms with Gasteiger partial charge in [-0.1, -0.05) is 77.4 Å². The summed E-state index contributed by atoms with van der Waals surface area (Å²) in [5, 5.41) is 8.41. The van der Waals surface area contributed by atoms with E-state index in [-0.39, 0.29) is 0 Å². The normalized spacial score (nSPS) is 11.3. The van der Waals surface area contributed by atoms with E-state index in [9.17, 15) is 0 Å². The summed E-state index contributed by atoms with van der Waals surface area (Å²) in [6, 6.07) is 8.45. The highest BCUT2D eigenvalue weighted by molar-refractivity contribution is 5.57. The van der Waals surface area contributed by atoms with Gasteiger partial charge in [-0.25, -0.2) is 4.68 Å². The highest BCUT2D eigenvalue weighted by Gasteiger charge is 2.09. The Bertz CT molecular complexity index is 678. The zero-order valence-electron chi connectivity index (χ0n) is 20.5. The SMILES string of the molecule is CCC.CCc1ccc(-c2cn(CCOCCOCCOCCC(C)(C)C)nn2)cc1. The molecule has 0 saturated heterocycles. The zero-order valence-corrected chi connectivity index (χ0v) is 20.5. The molecular weight excluding hydrogens is 390 g/mol. The highest BCUT2D eigenvalue weighted by Crippen LogP contribution is 2.18. The Morgan fingerprint density at radius 3 is 1.90 bits per heavy atom. The lowest BCUT2D eigenvalue weighted by Crippen LogP contribution is -2.14. The molecular formula is C25H43N3O3. The van der Waals surface area contributed by atoms with Gasteiger partial charge < -0.3 is 14.2 Å². The number of aryl methyl sites for hydroxylation is 1. The maximum atomic E-state index is 5.60. The minimum absolute atomic E-state index is 0.319. The molecule has 0 bridgehead atoms. The summed E-state index contributed by atoms with van der Waals surface area (Å²) in [5.74, 6) is 0. The Balaban J connectivity index is 0.00000151. The minimum atomic E-state index is 0.319. The third-order valence-electron chi connectivity index (χ3n) is 4.40. The fourth-order valence-corrected chi connectivity index (χ4v) is 2.53. The Morgan fingerprint density at radius 2 is 1.35 bits per heavy atom. The van der Waals surface area contributed by atoms with Gasteiger partial charge in [0, 0.05) is 12.2 Å². The van der Waals surface area contributed by atoms with E-state index in [1.54, 1.807) is 0 Å². The van der Waals surface area contributed by atoms with Gasteiger partial charge >= 0.3 is 0 Å². The lowest BCUT2D eigenvalue weighted by molar-refractivity contribution is 0.00881. The molecule has 1 aromatic carbocycles. The average Bonchev–Trinajstić information content (AvgIpc) is 3.21. The summed E-state index contributed by atoms with van der Waals surface area (Å²) in [6.07, 6.45) is 5.30. The third kappa shape index (κ3) is 13.3. The van der Waals surface area contributed by atoms with Crippen LogP contribution in [0.1, 0.15) is 59.9 Å². The summed E-state index contributed by atoms with van der Waals surface area (Å²) in [5.41, 5.74) is 3.61. The Morgan fingerprint density at radius 1 is 0.806 bits per heavy atom. The van der Waals surface area contributed by atoms with Crippen LogP contribution in [0.4, 0.5) is 0 Å². The molecule has 1 heterocycles. The second-order valence-corrected chi connectivity index (χ2v) is 8.77. The Labute approximate surface area is 189 Å². The van der Waals surface area contributed by atoms with Crippen molar-refractivity contribution < 1.29 is 14.2 Å². The molecule has 0 saturated carbocycles. The van der Waals surface area contributed by atoms with E-state index in [0.29, 0.717) is 45.0 Å². The summed E-state index contributed by atoms with van der Waals surface area (Å²) in [6.45, 7) is 17.5. The molecule has 0 N–H and O–H groups in total. The van der Waals surface area contributed by atoms with E-state index in [2.05, 4.69) is 76.1 Å². The van der Waals surface area contributed by atoms with Crippen molar-refractivity contribution in [3.05, 3.63) is 36.0 Å². The van der Waals surface area contributed by atoms with Crippen LogP contribution in [0.2, 0.25) is 0 Å². The number of ether oxygens (including phenoxy) is 3. The lowest BCUT2D eigenvalue weighted by atomic mass is 9.93. The van der Waals surface area contributed by atoms with Gasteiger partial charge in [0.1, 0.15) is 5.69 Å². The standard InChI is InChI=1S/C22H35N3O3.C3H8/c1-5-19-6-8-20(9-7-19)21-18-25(24-23-21)11-13-27-15-17-28-16-14-26-12-10-22(2,3)4;1-3-2/h6-9,18H,5,10-17H2,1-4H3;3H2,1-2H3. The van der Waals surface area contributed by atoms with Crippen molar-refractivity contribution in [2.75, 3.05) is 39.6 Å². The maximum Gasteiger partial charge on any atom is 0.113 e. The number of hydrogen-bond acceptors (Lipinski definition) is 5. The van der Waals surface area contributed by atoms with Crippen LogP contribution < -0.4 is 0 Å². The molecule has 0 amide bonds. The first kappa shape index (κ1) is 27.3. The Hall–Kier alpha value is -1.76. The van der Waals surface area contributed by atoms with Crippen LogP contribution in [-0.4, -0.2) is 54.6 Å². The number of nitrogens with zero attached hydrogens (tertiary/aromatic N) is 3. The van der Waals surface area contributed by atoms with Crippen molar-refractivity contribution in [1.82, 2.24) is 15.0 Å². The van der Waals surface area contributed by atoms with Gasteiger partial charge in [0.15, 0.2) is 0 Å². The van der Waals surface area contributed by atoms with Crippen molar-refractivity contribution in [2.45, 2.75) is 67.3 Å². The predicted octanol–water partition coefficient (Wildman–Crippen LogP) is 5.41. The first-order valence-corrected chi connectivity index (χ1v) is 11.6. The smallest absolute Gasteiger partial charge is 0.113 e. The molecule has 0 unspecified atom stereocenters. The lowest BCUT2D eigenvalue weighted by Gasteiger charge is -2.17. The van der Waals surface area contributed by atoms with E-state index in [4.69, 9.17) is 14.2 Å². The van der Waals surface area contributed by atoms with Gasteiger partial charge in [-0.2, -0.15) is 0 Å². The molecule has 0 aliphatic carbocycles. The molecule has 2 rings (SSSR count). The fourth-order valence-electron chi connectivity index (χ4n) is 2.53. The molecule has 31 heavy (non-hydrogen) atoms. The summed E-state index contributed by atoms with van der Waals surface area (Å²) < 4.78 is 18.5. The molecule has 1 aromatic heterocycles. The van der Waals surface area contributed by atoms with E-state index in [1.165, 1.54) is 12.0 Å². The summed E-state index contributed by atoms with van der Waals surface area (Å²) in [7, 11) is 0. The second-order valence-electron chi connectivity index (χ2n) is 8.77. The quantitative estimate of drug-likeness (QED) is 0.395. The van der Waals surface area contributed by atoms with Crippen LogP contribution in [-0.2, 0) is 27.2 Å². The zero-order chi connectivity index (χ0) is 23.0. The van der Waals surface area contributed by atoms with Crippen LogP contribution in [0.5, 0.6) is 0 Å². The molecule has 0 spiro atoms. The first-order valence-electron chi connectivity index (χ1n) is 11.6. The molecule has 0 aliphatic heterocycles. The molecule has 0 aliphatic rings. The summed E-state index contributed by atoms with van der Waals surface area (Å²) >= 11 is 0. The van der Waals surface area contributed by atoms with E-state index in [0.717, 1.165) is 30.7 Å². The van der Waals surface area contributed by atoms with Crippen molar-refractivity contribution >= 4 is 0 Å². The van der Waals surface area contributed by atoms with Crippen LogP contribution in [0.15, 0.2) is 30.5 Å². The van der Waals surface area contributed by atoms with Crippen LogP contribution in [0.25, 0.3) is 11.3 Å². The first-order chi connectivity index (χ1) is 14.9. The predicted molar refractivity (Wildman–Crippen MR) is 127 cm³/mol. The van der Waals surface area contributed by atoms with Gasteiger partial charge in [0.05, 0.1) is 45.8 Å². The second kappa shape index (κ2) is 16.0. The summed E-state index contributed by atoms with van der Waals surface area (Å²) in [4.78, 5) is 0. The van der Waals surface area contributed by atoms with Gasteiger partial charge in [-0.3, -0.25) is 0 Å². The van der Waals surface area contributed by atoms with Crippen molar-refractivity contribution in [2.24, 2.45) is 5.41 Å². The molecule has 0 atom stereocenters. The monoisotopic (exact) mass is 433 g/mol. The number of rotatable bonds is 13. The van der Waals surface area contributed by atoms with Gasteiger partial charge in [-0.15, -0.1) is 5.10 Å².